The highest BCUT2D eigenvalue weighted by molar-refractivity contribution is 5.42. The molecule has 108 valence electrons. The van der Waals surface area contributed by atoms with Gasteiger partial charge in [0, 0.05) is 0 Å². The Hall–Kier alpha value is 0. The zero-order chi connectivity index (χ0) is 14.2. The largest absolute Gasteiger partial charge is 0.0596 e. The highest BCUT2D eigenvalue weighted by Gasteiger charge is 2.63. The first-order valence-corrected chi connectivity index (χ1v) is 8.48. The first kappa shape index (κ1) is 13.6. The number of hydrogen-bond donors (Lipinski definition) is 0. The smallest absolute Gasteiger partial charge is 0.0159 e. The molecule has 0 nitrogen and oxygen atoms in total. The first-order valence-electron chi connectivity index (χ1n) is 8.48. The van der Waals surface area contributed by atoms with Crippen LogP contribution in [0.1, 0.15) is 52.9 Å². The Morgan fingerprint density at radius 3 is 2.75 bits per heavy atom. The van der Waals surface area contributed by atoms with Crippen LogP contribution in [0, 0.1) is 72.5 Å². The van der Waals surface area contributed by atoms with Crippen molar-refractivity contribution < 1.29 is 0 Å². The molecule has 0 aliphatic heterocycles. The quantitative estimate of drug-likeness (QED) is 0.574. The van der Waals surface area contributed by atoms with Crippen molar-refractivity contribution >= 4 is 0 Å². The average molecular weight is 268 g/mol. The van der Waals surface area contributed by atoms with Gasteiger partial charge in [-0.2, -0.15) is 0 Å². The van der Waals surface area contributed by atoms with E-state index < -0.39 is 0 Å². The third-order valence-electron chi connectivity index (χ3n) is 7.23. The summed E-state index contributed by atoms with van der Waals surface area (Å²) in [6, 6.07) is 0. The lowest BCUT2D eigenvalue weighted by Crippen LogP contribution is -2.56. The van der Waals surface area contributed by atoms with E-state index in [0.717, 1.165) is 11.8 Å². The van der Waals surface area contributed by atoms with E-state index in [4.69, 9.17) is 0 Å². The van der Waals surface area contributed by atoms with Gasteiger partial charge in [0.15, 0.2) is 0 Å². The van der Waals surface area contributed by atoms with Crippen molar-refractivity contribution in [1.29, 1.82) is 0 Å². The molecule has 0 heteroatoms. The normalized spacial score (nSPS) is 54.3. The molecule has 4 aliphatic rings. The van der Waals surface area contributed by atoms with Crippen LogP contribution in [0.3, 0.4) is 0 Å². The van der Waals surface area contributed by atoms with Crippen LogP contribution in [0.25, 0.3) is 0 Å². The van der Waals surface area contributed by atoms with Gasteiger partial charge < -0.3 is 0 Å². The summed E-state index contributed by atoms with van der Waals surface area (Å²) < 4.78 is 0. The van der Waals surface area contributed by atoms with Gasteiger partial charge in [-0.1, -0.05) is 27.2 Å². The summed E-state index contributed by atoms with van der Waals surface area (Å²) in [6.45, 7) is 11.9. The number of rotatable bonds is 0. The van der Waals surface area contributed by atoms with E-state index in [1.165, 1.54) is 38.0 Å². The molecule has 0 saturated heterocycles. The predicted octanol–water partition coefficient (Wildman–Crippen LogP) is 5.08. The molecule has 4 aliphatic carbocycles. The van der Waals surface area contributed by atoms with Crippen molar-refractivity contribution in [2.24, 2.45) is 34.0 Å². The van der Waals surface area contributed by atoms with Crippen molar-refractivity contribution in [3.8, 4) is 0 Å². The fraction of sp³-hybridized carbons (Fsp3) is 0.700. The summed E-state index contributed by atoms with van der Waals surface area (Å²) in [7, 11) is 0. The maximum atomic E-state index is 4.32. The van der Waals surface area contributed by atoms with Gasteiger partial charge in [-0.25, -0.2) is 0 Å². The lowest BCUT2D eigenvalue weighted by molar-refractivity contribution is -0.0763. The zero-order valence-corrected chi connectivity index (χ0v) is 13.3. The van der Waals surface area contributed by atoms with E-state index in [1.807, 2.05) is 0 Å². The second-order valence-corrected chi connectivity index (χ2v) is 8.81. The van der Waals surface area contributed by atoms with E-state index in [-0.39, 0.29) is 5.41 Å². The van der Waals surface area contributed by atoms with Crippen molar-refractivity contribution in [1.82, 2.24) is 0 Å². The Balaban J connectivity index is 1.72. The molecule has 1 spiro atoms. The van der Waals surface area contributed by atoms with Gasteiger partial charge in [0.1, 0.15) is 0 Å². The molecule has 20 heavy (non-hydrogen) atoms. The van der Waals surface area contributed by atoms with Crippen molar-refractivity contribution in [2.75, 3.05) is 0 Å². The van der Waals surface area contributed by atoms with Crippen LogP contribution in [0.5, 0.6) is 0 Å². The summed E-state index contributed by atoms with van der Waals surface area (Å²) in [5.41, 5.74) is 1.20. The van der Waals surface area contributed by atoms with Crippen LogP contribution in [0.2, 0.25) is 0 Å². The summed E-state index contributed by atoms with van der Waals surface area (Å²) in [5, 5.41) is 0. The van der Waals surface area contributed by atoms with Crippen molar-refractivity contribution in [2.45, 2.75) is 52.9 Å². The highest BCUT2D eigenvalue weighted by Crippen LogP contribution is 2.71. The highest BCUT2D eigenvalue weighted by atomic mass is 14.7. The molecule has 0 N–H and O–H groups in total. The average Bonchev–Trinajstić information content (AvgIpc) is 2.58. The minimum absolute atomic E-state index is 0.249. The Morgan fingerprint density at radius 2 is 1.95 bits per heavy atom. The van der Waals surface area contributed by atoms with Crippen molar-refractivity contribution in [3.05, 3.63) is 38.5 Å². The van der Waals surface area contributed by atoms with Gasteiger partial charge in [0.05, 0.1) is 0 Å². The Kier molecular flexibility index (Phi) is 2.76. The molecule has 4 saturated carbocycles. The molecule has 0 unspecified atom stereocenters. The van der Waals surface area contributed by atoms with Gasteiger partial charge in [-0.15, -0.1) is 0 Å². The van der Waals surface area contributed by atoms with Crippen LogP contribution in [-0.4, -0.2) is 0 Å². The van der Waals surface area contributed by atoms with Gasteiger partial charge in [-0.05, 0) is 98.2 Å². The molecular weight excluding hydrogens is 240 g/mol. The number of hydrogen-bond acceptors (Lipinski definition) is 0. The fourth-order valence-electron chi connectivity index (χ4n) is 6.40. The molecule has 0 heterocycles. The standard InChI is InChI=1S/C20H28/c1-14-12-20-11-8-16-18(2,3)9-5-10-19(16,4)17(20)7-6-15(14)13-20/h8,11-13,15-17H,1,5-7,9-10H2,2-4H3/t15-,16-,17+,19-,20-/m0/s1. The van der Waals surface area contributed by atoms with E-state index >= 15 is 0 Å². The zero-order valence-electron chi connectivity index (χ0n) is 13.3. The molecule has 5 atom stereocenters. The minimum Gasteiger partial charge on any atom is -0.0596 e. The van der Waals surface area contributed by atoms with Gasteiger partial charge >= 0.3 is 0 Å². The molecule has 0 aromatic rings. The summed E-state index contributed by atoms with van der Waals surface area (Å²) in [4.78, 5) is 0. The Labute approximate surface area is 126 Å². The molecule has 0 aromatic heterocycles. The van der Waals surface area contributed by atoms with Crippen LogP contribution >= 0.6 is 0 Å². The summed E-state index contributed by atoms with van der Waals surface area (Å²) in [6.07, 6.45) is 17.2. The van der Waals surface area contributed by atoms with E-state index in [1.54, 1.807) is 0 Å². The van der Waals surface area contributed by atoms with Crippen LogP contribution in [-0.2, 0) is 0 Å². The van der Waals surface area contributed by atoms with Gasteiger partial charge in [-0.3, -0.25) is 0 Å². The maximum Gasteiger partial charge on any atom is -0.0159 e. The summed E-state index contributed by atoms with van der Waals surface area (Å²) in [5.74, 6) is 3.61. The molecule has 0 aromatic carbocycles. The monoisotopic (exact) mass is 268 g/mol. The Morgan fingerprint density at radius 1 is 1.15 bits per heavy atom. The molecule has 4 rings (SSSR count). The molecule has 4 fully saturated rings. The lowest BCUT2D eigenvalue weighted by Gasteiger charge is -2.63. The van der Waals surface area contributed by atoms with E-state index in [0.29, 0.717) is 16.7 Å². The SMILES string of the molecule is [CH2][C]1[CH][C@]23[CH][CH][C@H]4C(C)(C)CCC[C@]4(C)[C@H]2CC[C@H]1[CH]3. The Bertz CT molecular complexity index is 404. The second-order valence-electron chi connectivity index (χ2n) is 8.81. The number of fused-ring (bicyclic) bond motifs is 3. The molecular formula is C20H28. The third kappa shape index (κ3) is 1.60. The van der Waals surface area contributed by atoms with Gasteiger partial charge in [0.2, 0.25) is 0 Å². The first-order chi connectivity index (χ1) is 9.37. The van der Waals surface area contributed by atoms with Crippen LogP contribution in [0.4, 0.5) is 0 Å². The topological polar surface area (TPSA) is 0 Å². The molecule has 2 bridgehead atoms. The fourth-order valence-corrected chi connectivity index (χ4v) is 6.40. The molecule has 6 radical (unpaired) electrons. The van der Waals surface area contributed by atoms with Crippen LogP contribution < -0.4 is 0 Å². The van der Waals surface area contributed by atoms with E-state index in [9.17, 15) is 0 Å². The van der Waals surface area contributed by atoms with Crippen molar-refractivity contribution in [3.63, 3.8) is 0 Å². The second kappa shape index (κ2) is 4.05. The lowest BCUT2D eigenvalue weighted by atomic mass is 9.41. The third-order valence-corrected chi connectivity index (χ3v) is 7.23. The predicted molar refractivity (Wildman–Crippen MR) is 83.7 cm³/mol. The minimum atomic E-state index is 0.249. The van der Waals surface area contributed by atoms with Gasteiger partial charge in [0.25, 0.3) is 0 Å². The molecule has 0 amide bonds. The van der Waals surface area contributed by atoms with Crippen LogP contribution in [0.15, 0.2) is 0 Å². The van der Waals surface area contributed by atoms with E-state index in [2.05, 4.69) is 53.4 Å². The summed E-state index contributed by atoms with van der Waals surface area (Å²) >= 11 is 0. The maximum absolute atomic E-state index is 4.32.